The second kappa shape index (κ2) is 7.82. The highest BCUT2D eigenvalue weighted by atomic mass is 32.2. The first-order valence-electron chi connectivity index (χ1n) is 9.14. The lowest BCUT2D eigenvalue weighted by atomic mass is 10.2. The Bertz CT molecular complexity index is 1060. The van der Waals surface area contributed by atoms with Crippen LogP contribution in [0.25, 0.3) is 21.9 Å². The normalized spacial score (nSPS) is 11.4. The van der Waals surface area contributed by atoms with E-state index in [0.717, 1.165) is 43.6 Å². The first kappa shape index (κ1) is 17.5. The van der Waals surface area contributed by atoms with Gasteiger partial charge < -0.3 is 8.83 Å². The molecule has 2 heterocycles. The molecule has 0 saturated heterocycles. The molecule has 3 aromatic carbocycles. The zero-order valence-corrected chi connectivity index (χ0v) is 16.8. The van der Waals surface area contributed by atoms with Crippen molar-refractivity contribution in [3.8, 4) is 0 Å². The molecule has 5 aromatic rings. The van der Waals surface area contributed by atoms with Gasteiger partial charge in [-0.15, -0.1) is 0 Å². The molecule has 0 amide bonds. The van der Waals surface area contributed by atoms with Gasteiger partial charge in [-0.05, 0) is 29.3 Å². The Morgan fingerprint density at radius 1 is 0.536 bits per heavy atom. The van der Waals surface area contributed by atoms with Crippen LogP contribution < -0.4 is 0 Å². The summed E-state index contributed by atoms with van der Waals surface area (Å²) in [6, 6.07) is 29.3. The predicted octanol–water partition coefficient (Wildman–Crippen LogP) is 7.76. The summed E-state index contributed by atoms with van der Waals surface area (Å²) in [5, 5.41) is 4.10. The molecule has 0 bridgehead atoms. The zero-order valence-electron chi connectivity index (χ0n) is 15.1. The molecular weight excluding hydrogens is 384 g/mol. The SMILES string of the molecule is c1ccc(CSc2cc3cc4cc(SCc5ccccc5)oc4cc3o2)cc1. The van der Waals surface area contributed by atoms with Gasteiger partial charge in [-0.25, -0.2) is 0 Å². The molecule has 4 heteroatoms. The van der Waals surface area contributed by atoms with Gasteiger partial charge in [-0.3, -0.25) is 0 Å². The van der Waals surface area contributed by atoms with Crippen LogP contribution in [0.5, 0.6) is 0 Å². The largest absolute Gasteiger partial charge is 0.450 e. The van der Waals surface area contributed by atoms with Gasteiger partial charge >= 0.3 is 0 Å². The molecular formula is C24H18O2S2. The fourth-order valence-corrected chi connectivity index (χ4v) is 4.85. The Hall–Kier alpha value is -2.56. The van der Waals surface area contributed by atoms with Gasteiger partial charge in [0.2, 0.25) is 0 Å². The molecule has 0 radical (unpaired) electrons. The van der Waals surface area contributed by atoms with Gasteiger partial charge in [0.15, 0.2) is 10.2 Å². The number of thioether (sulfide) groups is 2. The highest BCUT2D eigenvalue weighted by molar-refractivity contribution is 7.98. The molecule has 0 N–H and O–H groups in total. The van der Waals surface area contributed by atoms with Gasteiger partial charge in [0, 0.05) is 28.3 Å². The van der Waals surface area contributed by atoms with Crippen molar-refractivity contribution in [1.82, 2.24) is 0 Å². The maximum absolute atomic E-state index is 6.03. The lowest BCUT2D eigenvalue weighted by molar-refractivity contribution is 0.506. The summed E-state index contributed by atoms with van der Waals surface area (Å²) in [6.45, 7) is 0. The van der Waals surface area contributed by atoms with Crippen LogP contribution in [-0.4, -0.2) is 0 Å². The Morgan fingerprint density at radius 3 is 1.46 bits per heavy atom. The van der Waals surface area contributed by atoms with Crippen LogP contribution in [0.15, 0.2) is 104 Å². The first-order chi connectivity index (χ1) is 13.8. The van der Waals surface area contributed by atoms with Gasteiger partial charge in [0.25, 0.3) is 0 Å². The van der Waals surface area contributed by atoms with Gasteiger partial charge in [0.05, 0.1) is 0 Å². The summed E-state index contributed by atoms with van der Waals surface area (Å²) in [5.41, 5.74) is 4.33. The number of hydrogen-bond acceptors (Lipinski definition) is 4. The molecule has 0 aliphatic rings. The molecule has 0 spiro atoms. The summed E-state index contributed by atoms with van der Waals surface area (Å²) in [4.78, 5) is 0. The summed E-state index contributed by atoms with van der Waals surface area (Å²) >= 11 is 3.43. The fourth-order valence-electron chi connectivity index (χ4n) is 3.13. The van der Waals surface area contributed by atoms with E-state index in [2.05, 4.69) is 66.7 Å². The minimum absolute atomic E-state index is 0.872. The minimum atomic E-state index is 0.872. The zero-order chi connectivity index (χ0) is 18.8. The molecule has 0 aliphatic heterocycles. The van der Waals surface area contributed by atoms with Crippen molar-refractivity contribution in [2.75, 3.05) is 0 Å². The topological polar surface area (TPSA) is 26.3 Å². The number of fused-ring (bicyclic) bond motifs is 2. The first-order valence-corrected chi connectivity index (χ1v) is 11.1. The van der Waals surface area contributed by atoms with Crippen LogP contribution in [0.1, 0.15) is 11.1 Å². The van der Waals surface area contributed by atoms with E-state index in [1.807, 2.05) is 18.2 Å². The van der Waals surface area contributed by atoms with E-state index in [-0.39, 0.29) is 0 Å². The average Bonchev–Trinajstić information content (AvgIpc) is 3.32. The van der Waals surface area contributed by atoms with Crippen molar-refractivity contribution in [1.29, 1.82) is 0 Å². The molecule has 0 fully saturated rings. The smallest absolute Gasteiger partial charge is 0.161 e. The van der Waals surface area contributed by atoms with Crippen LogP contribution in [0.3, 0.4) is 0 Å². The standard InChI is InChI=1S/C24H18O2S2/c1-3-7-17(8-4-1)15-27-23-12-19-11-20-13-24(26-22(20)14-21(19)25-23)28-16-18-9-5-2-6-10-18/h1-14H,15-16H2. The monoisotopic (exact) mass is 402 g/mol. The van der Waals surface area contributed by atoms with E-state index in [1.165, 1.54) is 11.1 Å². The molecule has 0 aliphatic carbocycles. The van der Waals surface area contributed by atoms with Gasteiger partial charge in [0.1, 0.15) is 11.2 Å². The molecule has 2 nitrogen and oxygen atoms in total. The Morgan fingerprint density at radius 2 is 1.00 bits per heavy atom. The van der Waals surface area contributed by atoms with E-state index in [4.69, 9.17) is 8.83 Å². The van der Waals surface area contributed by atoms with Crippen LogP contribution in [0, 0.1) is 0 Å². The van der Waals surface area contributed by atoms with Crippen molar-refractivity contribution in [3.63, 3.8) is 0 Å². The van der Waals surface area contributed by atoms with Crippen molar-refractivity contribution in [3.05, 3.63) is 96.1 Å². The summed E-state index contributed by atoms with van der Waals surface area (Å²) < 4.78 is 12.1. The molecule has 2 aromatic heterocycles. The second-order valence-corrected chi connectivity index (χ2v) is 8.57. The lowest BCUT2D eigenvalue weighted by Gasteiger charge is -1.97. The summed E-state index contributed by atoms with van der Waals surface area (Å²) in [7, 11) is 0. The van der Waals surface area contributed by atoms with Crippen LogP contribution in [0.2, 0.25) is 0 Å². The average molecular weight is 403 g/mol. The van der Waals surface area contributed by atoms with Crippen molar-refractivity contribution >= 4 is 45.5 Å². The summed E-state index contributed by atoms with van der Waals surface area (Å²) in [5.74, 6) is 1.80. The van der Waals surface area contributed by atoms with Crippen LogP contribution in [-0.2, 0) is 11.5 Å². The van der Waals surface area contributed by atoms with E-state index in [9.17, 15) is 0 Å². The summed E-state index contributed by atoms with van der Waals surface area (Å²) in [6.07, 6.45) is 0. The number of rotatable bonds is 6. The highest BCUT2D eigenvalue weighted by Crippen LogP contribution is 2.35. The lowest BCUT2D eigenvalue weighted by Crippen LogP contribution is -1.77. The van der Waals surface area contributed by atoms with Gasteiger partial charge in [-0.1, -0.05) is 84.2 Å². The number of benzene rings is 3. The third-order valence-electron chi connectivity index (χ3n) is 4.56. The highest BCUT2D eigenvalue weighted by Gasteiger charge is 2.11. The molecule has 0 unspecified atom stereocenters. The Kier molecular flexibility index (Phi) is 4.90. The molecule has 138 valence electrons. The third kappa shape index (κ3) is 3.84. The van der Waals surface area contributed by atoms with Crippen molar-refractivity contribution in [2.45, 2.75) is 21.7 Å². The van der Waals surface area contributed by atoms with E-state index >= 15 is 0 Å². The maximum atomic E-state index is 6.03. The number of hydrogen-bond donors (Lipinski definition) is 0. The Balaban J connectivity index is 1.33. The molecule has 5 rings (SSSR count). The van der Waals surface area contributed by atoms with Crippen LogP contribution >= 0.6 is 23.5 Å². The molecule has 0 atom stereocenters. The molecule has 0 saturated carbocycles. The van der Waals surface area contributed by atoms with E-state index in [1.54, 1.807) is 23.5 Å². The predicted molar refractivity (Wildman–Crippen MR) is 118 cm³/mol. The molecule has 28 heavy (non-hydrogen) atoms. The fraction of sp³-hybridized carbons (Fsp3) is 0.0833. The van der Waals surface area contributed by atoms with Gasteiger partial charge in [-0.2, -0.15) is 0 Å². The van der Waals surface area contributed by atoms with Crippen molar-refractivity contribution < 1.29 is 8.83 Å². The van der Waals surface area contributed by atoms with Crippen molar-refractivity contribution in [2.24, 2.45) is 0 Å². The Labute approximate surface area is 171 Å². The van der Waals surface area contributed by atoms with E-state index in [0.29, 0.717) is 0 Å². The number of furan rings is 2. The minimum Gasteiger partial charge on any atom is -0.450 e. The second-order valence-electron chi connectivity index (χ2n) is 6.61. The third-order valence-corrected chi connectivity index (χ3v) is 6.48. The quantitative estimate of drug-likeness (QED) is 0.271. The maximum Gasteiger partial charge on any atom is 0.161 e. The van der Waals surface area contributed by atoms with E-state index < -0.39 is 0 Å². The van der Waals surface area contributed by atoms with Crippen LogP contribution in [0.4, 0.5) is 0 Å².